The summed E-state index contributed by atoms with van der Waals surface area (Å²) in [6.45, 7) is 8.80. The largest absolute Gasteiger partial charge is 0.481 e. The third-order valence-electron chi connectivity index (χ3n) is 4.26. The Morgan fingerprint density at radius 2 is 1.71 bits per heavy atom. The molecule has 0 heterocycles. The van der Waals surface area contributed by atoms with Crippen molar-refractivity contribution < 1.29 is 9.53 Å². The van der Waals surface area contributed by atoms with Crippen molar-refractivity contribution in [2.45, 2.75) is 45.0 Å². The van der Waals surface area contributed by atoms with Crippen molar-refractivity contribution in [3.63, 3.8) is 0 Å². The van der Waals surface area contributed by atoms with Crippen LogP contribution >= 0.6 is 35.0 Å². The monoisotopic (exact) mass is 439 g/mol. The summed E-state index contributed by atoms with van der Waals surface area (Å²) in [6.07, 6.45) is -0.552. The molecule has 0 aromatic heterocycles. The van der Waals surface area contributed by atoms with E-state index in [1.165, 1.54) is 5.56 Å². The predicted molar refractivity (Wildman–Crippen MR) is 121 cm³/mol. The first-order valence-corrected chi connectivity index (χ1v) is 11.1. The quantitative estimate of drug-likeness (QED) is 0.504. The normalized spacial score (nSPS) is 12.5. The van der Waals surface area contributed by atoms with E-state index in [1.807, 2.05) is 42.5 Å². The lowest BCUT2D eigenvalue weighted by Gasteiger charge is -2.20. The van der Waals surface area contributed by atoms with Crippen LogP contribution in [0.25, 0.3) is 0 Å². The number of carbonyl (C=O) groups excluding carboxylic acids is 1. The number of hydrogen-bond acceptors (Lipinski definition) is 3. The first-order chi connectivity index (χ1) is 13.2. The predicted octanol–water partition coefficient (Wildman–Crippen LogP) is 6.11. The van der Waals surface area contributed by atoms with Gasteiger partial charge in [-0.3, -0.25) is 4.79 Å². The van der Waals surface area contributed by atoms with Crippen molar-refractivity contribution in [1.82, 2.24) is 5.32 Å². The van der Waals surface area contributed by atoms with Crippen LogP contribution < -0.4 is 10.1 Å². The molecule has 2 rings (SSSR count). The van der Waals surface area contributed by atoms with Crippen molar-refractivity contribution in [3.05, 3.63) is 63.6 Å². The van der Waals surface area contributed by atoms with Crippen LogP contribution in [0.4, 0.5) is 0 Å². The number of thioether (sulfide) groups is 1. The summed E-state index contributed by atoms with van der Waals surface area (Å²) in [7, 11) is 0. The van der Waals surface area contributed by atoms with Crippen molar-refractivity contribution in [2.24, 2.45) is 0 Å². The Morgan fingerprint density at radius 1 is 1.11 bits per heavy atom. The highest BCUT2D eigenvalue weighted by Crippen LogP contribution is 2.28. The molecule has 1 amide bonds. The van der Waals surface area contributed by atoms with Crippen LogP contribution in [0.2, 0.25) is 10.0 Å². The molecule has 0 bridgehead atoms. The Labute approximate surface area is 182 Å². The number of rotatable bonds is 8. The Morgan fingerprint density at radius 3 is 2.29 bits per heavy atom. The van der Waals surface area contributed by atoms with E-state index in [0.29, 0.717) is 28.1 Å². The molecule has 0 saturated carbocycles. The lowest BCUT2D eigenvalue weighted by atomic mass is 9.87. The Hall–Kier alpha value is -1.36. The molecule has 0 aliphatic rings. The highest BCUT2D eigenvalue weighted by Gasteiger charge is 2.16. The fraction of sp³-hybridized carbons (Fsp3) is 0.409. The third-order valence-corrected chi connectivity index (χ3v) is 5.95. The maximum absolute atomic E-state index is 12.2. The van der Waals surface area contributed by atoms with Crippen LogP contribution in [0.15, 0.2) is 42.5 Å². The highest BCUT2D eigenvalue weighted by molar-refractivity contribution is 7.98. The molecule has 152 valence electrons. The van der Waals surface area contributed by atoms with Gasteiger partial charge in [0, 0.05) is 28.1 Å². The van der Waals surface area contributed by atoms with E-state index in [4.69, 9.17) is 27.9 Å². The Kier molecular flexibility index (Phi) is 8.54. The van der Waals surface area contributed by atoms with Crippen LogP contribution in [0, 0.1) is 0 Å². The molecule has 0 aliphatic carbocycles. The molecular weight excluding hydrogens is 413 g/mol. The maximum atomic E-state index is 12.2. The van der Waals surface area contributed by atoms with Crippen molar-refractivity contribution in [3.8, 4) is 5.75 Å². The van der Waals surface area contributed by atoms with E-state index in [2.05, 4.69) is 26.1 Å². The van der Waals surface area contributed by atoms with E-state index in [-0.39, 0.29) is 11.3 Å². The molecule has 2 aromatic carbocycles. The van der Waals surface area contributed by atoms with E-state index < -0.39 is 6.10 Å². The molecule has 0 saturated heterocycles. The SMILES string of the molecule is C[C@@H](Oc1ccc(C(C)(C)C)cc1)C(=O)NCCSCc1c(Cl)cccc1Cl. The van der Waals surface area contributed by atoms with Gasteiger partial charge >= 0.3 is 0 Å². The van der Waals surface area contributed by atoms with Gasteiger partial charge in [-0.05, 0) is 47.7 Å². The van der Waals surface area contributed by atoms with Crippen LogP contribution in [0.3, 0.4) is 0 Å². The number of ether oxygens (including phenoxy) is 1. The van der Waals surface area contributed by atoms with Crippen molar-refractivity contribution >= 4 is 40.9 Å². The van der Waals surface area contributed by atoms with Gasteiger partial charge in [0.25, 0.3) is 5.91 Å². The number of nitrogens with one attached hydrogen (secondary N) is 1. The van der Waals surface area contributed by atoms with Crippen LogP contribution in [0.5, 0.6) is 5.75 Å². The molecule has 1 atom stereocenters. The summed E-state index contributed by atoms with van der Waals surface area (Å²) < 4.78 is 5.75. The fourth-order valence-electron chi connectivity index (χ4n) is 2.53. The molecule has 0 radical (unpaired) electrons. The lowest BCUT2D eigenvalue weighted by Crippen LogP contribution is -2.37. The zero-order valence-electron chi connectivity index (χ0n) is 16.7. The molecule has 2 aromatic rings. The average molecular weight is 440 g/mol. The van der Waals surface area contributed by atoms with Crippen LogP contribution in [0.1, 0.15) is 38.8 Å². The lowest BCUT2D eigenvalue weighted by molar-refractivity contribution is -0.127. The number of benzene rings is 2. The molecule has 0 unspecified atom stereocenters. The van der Waals surface area contributed by atoms with E-state index in [0.717, 1.165) is 11.3 Å². The van der Waals surface area contributed by atoms with Gasteiger partial charge in [-0.2, -0.15) is 11.8 Å². The molecule has 3 nitrogen and oxygen atoms in total. The van der Waals surface area contributed by atoms with Gasteiger partial charge in [0.1, 0.15) is 5.75 Å². The molecule has 6 heteroatoms. The number of amides is 1. The number of carbonyl (C=O) groups is 1. The Balaban J connectivity index is 1.72. The zero-order chi connectivity index (χ0) is 20.7. The molecular formula is C22H27Cl2NO2S. The van der Waals surface area contributed by atoms with Crippen LogP contribution in [-0.4, -0.2) is 24.3 Å². The minimum absolute atomic E-state index is 0.0907. The standard InChI is InChI=1S/C22H27Cl2NO2S/c1-15(27-17-10-8-16(9-11-17)22(2,3)4)21(26)25-12-13-28-14-18-19(23)6-5-7-20(18)24/h5-11,15H,12-14H2,1-4H3,(H,25,26)/t15-/m1/s1. The summed E-state index contributed by atoms with van der Waals surface area (Å²) >= 11 is 14.0. The average Bonchev–Trinajstić information content (AvgIpc) is 2.63. The minimum Gasteiger partial charge on any atom is -0.481 e. The van der Waals surface area contributed by atoms with Gasteiger partial charge in [-0.15, -0.1) is 0 Å². The summed E-state index contributed by atoms with van der Waals surface area (Å²) in [6, 6.07) is 13.4. The molecule has 28 heavy (non-hydrogen) atoms. The molecule has 0 aliphatic heterocycles. The fourth-order valence-corrected chi connectivity index (χ4v) is 4.12. The summed E-state index contributed by atoms with van der Waals surface area (Å²) in [5.74, 6) is 2.04. The molecule has 0 spiro atoms. The minimum atomic E-state index is -0.552. The summed E-state index contributed by atoms with van der Waals surface area (Å²) in [5.41, 5.74) is 2.25. The number of hydrogen-bond donors (Lipinski definition) is 1. The van der Waals surface area contributed by atoms with E-state index in [1.54, 1.807) is 18.7 Å². The topological polar surface area (TPSA) is 38.3 Å². The second kappa shape index (κ2) is 10.4. The second-order valence-corrected chi connectivity index (χ2v) is 9.50. The van der Waals surface area contributed by atoms with E-state index in [9.17, 15) is 4.79 Å². The zero-order valence-corrected chi connectivity index (χ0v) is 19.0. The summed E-state index contributed by atoms with van der Waals surface area (Å²) in [5, 5.41) is 4.24. The van der Waals surface area contributed by atoms with Gasteiger partial charge in [0.15, 0.2) is 6.10 Å². The van der Waals surface area contributed by atoms with Gasteiger partial charge in [-0.25, -0.2) is 0 Å². The van der Waals surface area contributed by atoms with Crippen molar-refractivity contribution in [2.75, 3.05) is 12.3 Å². The second-order valence-electron chi connectivity index (χ2n) is 7.58. The molecule has 1 N–H and O–H groups in total. The van der Waals surface area contributed by atoms with Gasteiger partial charge in [-0.1, -0.05) is 62.2 Å². The molecule has 0 fully saturated rings. The third kappa shape index (κ3) is 6.91. The smallest absolute Gasteiger partial charge is 0.260 e. The first-order valence-electron chi connectivity index (χ1n) is 9.24. The van der Waals surface area contributed by atoms with Crippen LogP contribution in [-0.2, 0) is 16.0 Å². The van der Waals surface area contributed by atoms with Crippen molar-refractivity contribution in [1.29, 1.82) is 0 Å². The highest BCUT2D eigenvalue weighted by atomic mass is 35.5. The maximum Gasteiger partial charge on any atom is 0.260 e. The van der Waals surface area contributed by atoms with E-state index >= 15 is 0 Å². The Bertz CT molecular complexity index is 768. The van der Waals surface area contributed by atoms with Gasteiger partial charge in [0.05, 0.1) is 0 Å². The van der Waals surface area contributed by atoms with Gasteiger partial charge in [0.2, 0.25) is 0 Å². The van der Waals surface area contributed by atoms with Gasteiger partial charge < -0.3 is 10.1 Å². The summed E-state index contributed by atoms with van der Waals surface area (Å²) in [4.78, 5) is 12.2. The number of halogens is 2. The first kappa shape index (κ1) is 22.9.